The van der Waals surface area contributed by atoms with E-state index >= 15 is 0 Å². The zero-order valence-corrected chi connectivity index (χ0v) is 9.03. The first-order valence-corrected chi connectivity index (χ1v) is 5.58. The Morgan fingerprint density at radius 2 is 2.38 bits per heavy atom. The first kappa shape index (κ1) is 10.5. The van der Waals surface area contributed by atoms with Crippen LogP contribution in [-0.2, 0) is 6.54 Å². The van der Waals surface area contributed by atoms with E-state index in [4.69, 9.17) is 0 Å². The molecule has 1 aromatic rings. The molecule has 1 N–H and O–H groups in total. The Hall–Kier alpha value is -0.540. The summed E-state index contributed by atoms with van der Waals surface area (Å²) in [6, 6.07) is 4.12. The topological polar surface area (TPSA) is 24.9 Å². The van der Waals surface area contributed by atoms with Crippen molar-refractivity contribution in [2.75, 3.05) is 12.8 Å². The monoisotopic (exact) mass is 196 g/mol. The van der Waals surface area contributed by atoms with E-state index < -0.39 is 0 Å². The van der Waals surface area contributed by atoms with Gasteiger partial charge < -0.3 is 5.32 Å². The minimum absolute atomic E-state index is 0.903. The first-order valence-electron chi connectivity index (χ1n) is 4.59. The minimum Gasteiger partial charge on any atom is -0.316 e. The van der Waals surface area contributed by atoms with E-state index in [0.717, 1.165) is 12.3 Å². The van der Waals surface area contributed by atoms with Crippen molar-refractivity contribution in [3.8, 4) is 0 Å². The number of nitrogens with zero attached hydrogens (tertiary/aromatic N) is 1. The van der Waals surface area contributed by atoms with Crippen LogP contribution in [0.15, 0.2) is 23.4 Å². The van der Waals surface area contributed by atoms with Crippen molar-refractivity contribution in [1.29, 1.82) is 0 Å². The third-order valence-corrected chi connectivity index (χ3v) is 2.91. The molecule has 1 heterocycles. The van der Waals surface area contributed by atoms with E-state index in [-0.39, 0.29) is 0 Å². The maximum absolute atomic E-state index is 4.36. The van der Waals surface area contributed by atoms with Crippen LogP contribution < -0.4 is 5.32 Å². The van der Waals surface area contributed by atoms with Gasteiger partial charge in [0.2, 0.25) is 0 Å². The van der Waals surface area contributed by atoms with Crippen molar-refractivity contribution in [3.63, 3.8) is 0 Å². The second kappa shape index (κ2) is 6.00. The van der Waals surface area contributed by atoms with Gasteiger partial charge in [-0.2, -0.15) is 0 Å². The highest BCUT2D eigenvalue weighted by Crippen LogP contribution is 2.20. The van der Waals surface area contributed by atoms with Crippen LogP contribution in [0.2, 0.25) is 0 Å². The number of pyridine rings is 1. The first-order chi connectivity index (χ1) is 6.38. The molecule has 0 aliphatic carbocycles. The smallest absolute Gasteiger partial charge is 0.100 e. The zero-order valence-electron chi connectivity index (χ0n) is 8.21. The highest BCUT2D eigenvalue weighted by molar-refractivity contribution is 7.99. The molecule has 0 saturated heterocycles. The number of hydrogen-bond donors (Lipinski definition) is 1. The molecule has 3 heteroatoms. The normalized spacial score (nSPS) is 10.3. The van der Waals surface area contributed by atoms with Gasteiger partial charge in [0, 0.05) is 12.7 Å². The summed E-state index contributed by atoms with van der Waals surface area (Å²) in [6.07, 6.45) is 3.05. The average Bonchev–Trinajstić information content (AvgIpc) is 2.17. The van der Waals surface area contributed by atoms with E-state index in [0.29, 0.717) is 0 Å². The van der Waals surface area contributed by atoms with Gasteiger partial charge in [0.25, 0.3) is 0 Å². The number of hydrogen-bond acceptors (Lipinski definition) is 3. The maximum atomic E-state index is 4.36. The van der Waals surface area contributed by atoms with Crippen molar-refractivity contribution in [2.24, 2.45) is 0 Å². The molecule has 0 aromatic carbocycles. The van der Waals surface area contributed by atoms with Gasteiger partial charge in [-0.1, -0.05) is 13.0 Å². The summed E-state index contributed by atoms with van der Waals surface area (Å²) in [4.78, 5) is 4.36. The van der Waals surface area contributed by atoms with E-state index in [9.17, 15) is 0 Å². The molecular weight excluding hydrogens is 180 g/mol. The molecule has 0 spiro atoms. The molecule has 0 saturated carbocycles. The summed E-state index contributed by atoms with van der Waals surface area (Å²) in [5, 5.41) is 4.31. The lowest BCUT2D eigenvalue weighted by Gasteiger charge is -2.05. The Morgan fingerprint density at radius 3 is 3.08 bits per heavy atom. The second-order valence-electron chi connectivity index (χ2n) is 2.85. The molecule has 0 unspecified atom stereocenters. The van der Waals surface area contributed by atoms with Crippen LogP contribution in [0.5, 0.6) is 0 Å². The molecule has 0 atom stereocenters. The number of thioether (sulfide) groups is 1. The second-order valence-corrected chi connectivity index (χ2v) is 3.93. The molecule has 0 aliphatic rings. The lowest BCUT2D eigenvalue weighted by molar-refractivity contribution is 0.789. The lowest BCUT2D eigenvalue weighted by Crippen LogP contribution is -2.06. The van der Waals surface area contributed by atoms with Gasteiger partial charge >= 0.3 is 0 Å². The molecule has 0 aliphatic heterocycles. The van der Waals surface area contributed by atoms with Gasteiger partial charge in [-0.15, -0.1) is 11.8 Å². The van der Waals surface area contributed by atoms with Gasteiger partial charge in [-0.3, -0.25) is 0 Å². The van der Waals surface area contributed by atoms with E-state index in [1.165, 1.54) is 17.0 Å². The molecule has 0 amide bonds. The maximum Gasteiger partial charge on any atom is 0.100 e. The van der Waals surface area contributed by atoms with Crippen LogP contribution in [0.3, 0.4) is 0 Å². The number of aromatic nitrogens is 1. The SMILES string of the molecule is CCCSc1ncccc1CNC. The Morgan fingerprint density at radius 1 is 1.54 bits per heavy atom. The summed E-state index contributed by atoms with van der Waals surface area (Å²) in [5.74, 6) is 1.15. The van der Waals surface area contributed by atoms with Crippen LogP contribution in [0.4, 0.5) is 0 Å². The van der Waals surface area contributed by atoms with Crippen LogP contribution in [0.1, 0.15) is 18.9 Å². The summed E-state index contributed by atoms with van der Waals surface area (Å²) in [7, 11) is 1.96. The summed E-state index contributed by atoms with van der Waals surface area (Å²) >= 11 is 1.84. The van der Waals surface area contributed by atoms with Crippen molar-refractivity contribution >= 4 is 11.8 Å². The van der Waals surface area contributed by atoms with Gasteiger partial charge in [-0.05, 0) is 30.9 Å². The van der Waals surface area contributed by atoms with E-state index in [2.05, 4.69) is 23.3 Å². The standard InChI is InChI=1S/C10H16N2S/c1-3-7-13-10-9(8-11-2)5-4-6-12-10/h4-6,11H,3,7-8H2,1-2H3. The Balaban J connectivity index is 2.66. The van der Waals surface area contributed by atoms with Gasteiger partial charge in [-0.25, -0.2) is 4.98 Å². The highest BCUT2D eigenvalue weighted by atomic mass is 32.2. The number of rotatable bonds is 5. The van der Waals surface area contributed by atoms with Crippen molar-refractivity contribution in [1.82, 2.24) is 10.3 Å². The third kappa shape index (κ3) is 3.36. The predicted molar refractivity (Wildman–Crippen MR) is 58.0 cm³/mol. The van der Waals surface area contributed by atoms with Crippen LogP contribution in [-0.4, -0.2) is 17.8 Å². The van der Waals surface area contributed by atoms with E-state index in [1.807, 2.05) is 31.1 Å². The van der Waals surface area contributed by atoms with Gasteiger partial charge in [0.1, 0.15) is 5.03 Å². The summed E-state index contributed by atoms with van der Waals surface area (Å²) < 4.78 is 0. The molecule has 1 aromatic heterocycles. The zero-order chi connectivity index (χ0) is 9.52. The van der Waals surface area contributed by atoms with E-state index in [1.54, 1.807) is 0 Å². The summed E-state index contributed by atoms with van der Waals surface area (Å²) in [5.41, 5.74) is 1.29. The fourth-order valence-corrected chi connectivity index (χ4v) is 1.94. The minimum atomic E-state index is 0.903. The molecule has 0 fully saturated rings. The van der Waals surface area contributed by atoms with Crippen molar-refractivity contribution in [3.05, 3.63) is 23.9 Å². The average molecular weight is 196 g/mol. The molecule has 2 nitrogen and oxygen atoms in total. The largest absolute Gasteiger partial charge is 0.316 e. The summed E-state index contributed by atoms with van der Waals surface area (Å²) in [6.45, 7) is 3.09. The van der Waals surface area contributed by atoms with Crippen LogP contribution in [0, 0.1) is 0 Å². The fraction of sp³-hybridized carbons (Fsp3) is 0.500. The fourth-order valence-electron chi connectivity index (χ4n) is 1.08. The Labute approximate surface area is 84.1 Å². The molecule has 1 rings (SSSR count). The Kier molecular flexibility index (Phi) is 4.86. The number of nitrogens with one attached hydrogen (secondary N) is 1. The Bertz CT molecular complexity index is 250. The van der Waals surface area contributed by atoms with Crippen molar-refractivity contribution in [2.45, 2.75) is 24.9 Å². The predicted octanol–water partition coefficient (Wildman–Crippen LogP) is 2.30. The lowest BCUT2D eigenvalue weighted by atomic mass is 10.3. The molecule has 72 valence electrons. The van der Waals surface area contributed by atoms with Crippen molar-refractivity contribution < 1.29 is 0 Å². The van der Waals surface area contributed by atoms with Gasteiger partial charge in [0.05, 0.1) is 0 Å². The third-order valence-electron chi connectivity index (χ3n) is 1.66. The van der Waals surface area contributed by atoms with Gasteiger partial charge in [0.15, 0.2) is 0 Å². The molecule has 0 radical (unpaired) electrons. The molecule has 0 bridgehead atoms. The molecular formula is C10H16N2S. The van der Waals surface area contributed by atoms with Crippen LogP contribution in [0.25, 0.3) is 0 Å². The highest BCUT2D eigenvalue weighted by Gasteiger charge is 2.01. The quantitative estimate of drug-likeness (QED) is 0.731. The molecule has 13 heavy (non-hydrogen) atoms. The van der Waals surface area contributed by atoms with Crippen LogP contribution >= 0.6 is 11.8 Å².